The molecular formula is C9H21NO2. The summed E-state index contributed by atoms with van der Waals surface area (Å²) in [5, 5.41) is 20.4. The lowest BCUT2D eigenvalue weighted by Crippen LogP contribution is -2.38. The molecule has 0 aromatic rings. The van der Waals surface area contributed by atoms with Crippen LogP contribution in [0.3, 0.4) is 0 Å². The lowest BCUT2D eigenvalue weighted by atomic mass is 9.88. The first kappa shape index (κ1) is 11.9. The first-order valence-electron chi connectivity index (χ1n) is 4.54. The molecule has 0 aliphatic carbocycles. The van der Waals surface area contributed by atoms with Crippen LogP contribution in [-0.2, 0) is 0 Å². The second-order valence-corrected chi connectivity index (χ2v) is 3.99. The Morgan fingerprint density at radius 1 is 1.42 bits per heavy atom. The van der Waals surface area contributed by atoms with Crippen molar-refractivity contribution in [2.45, 2.75) is 39.8 Å². The Kier molecular flexibility index (Phi) is 5.46. The van der Waals surface area contributed by atoms with E-state index in [2.05, 4.69) is 26.1 Å². The number of hydrogen-bond donors (Lipinski definition) is 3. The summed E-state index contributed by atoms with van der Waals surface area (Å²) in [5.74, 6) is 0. The molecular weight excluding hydrogens is 154 g/mol. The molecule has 0 fully saturated rings. The summed E-state index contributed by atoms with van der Waals surface area (Å²) in [5.41, 5.74) is 0.199. The molecule has 1 atom stereocenters. The molecule has 3 N–H and O–H groups in total. The van der Waals surface area contributed by atoms with Crippen LogP contribution in [0.4, 0.5) is 0 Å². The number of nitrogens with one attached hydrogen (secondary N) is 1. The molecule has 0 saturated carbocycles. The van der Waals surface area contributed by atoms with Gasteiger partial charge >= 0.3 is 0 Å². The van der Waals surface area contributed by atoms with E-state index in [0.29, 0.717) is 0 Å². The minimum Gasteiger partial charge on any atom is -0.392 e. The fourth-order valence-electron chi connectivity index (χ4n) is 1.22. The highest BCUT2D eigenvalue weighted by Gasteiger charge is 2.17. The van der Waals surface area contributed by atoms with Crippen molar-refractivity contribution in [3.63, 3.8) is 0 Å². The van der Waals surface area contributed by atoms with Gasteiger partial charge in [0.05, 0.1) is 6.61 Å². The highest BCUT2D eigenvalue weighted by atomic mass is 16.3. The summed E-state index contributed by atoms with van der Waals surface area (Å²) in [7, 11) is 0. The van der Waals surface area contributed by atoms with Gasteiger partial charge in [0.2, 0.25) is 0 Å². The summed E-state index contributed by atoms with van der Waals surface area (Å²) in [6, 6.07) is 0. The molecule has 0 rings (SSSR count). The molecule has 0 bridgehead atoms. The minimum atomic E-state index is -0.777. The first-order chi connectivity index (χ1) is 5.52. The summed E-state index contributed by atoms with van der Waals surface area (Å²) in [6.07, 6.45) is 1.49. The van der Waals surface area contributed by atoms with Gasteiger partial charge < -0.3 is 10.2 Å². The summed E-state index contributed by atoms with van der Waals surface area (Å²) < 4.78 is 0. The third kappa shape index (κ3) is 5.52. The van der Waals surface area contributed by atoms with Crippen LogP contribution in [0.1, 0.15) is 33.6 Å². The van der Waals surface area contributed by atoms with Gasteiger partial charge in [-0.05, 0) is 11.8 Å². The number of rotatable bonds is 6. The summed E-state index contributed by atoms with van der Waals surface area (Å²) in [4.78, 5) is 0. The Hall–Kier alpha value is -0.120. The van der Waals surface area contributed by atoms with Crippen molar-refractivity contribution in [3.05, 3.63) is 0 Å². The lowest BCUT2D eigenvalue weighted by molar-refractivity contribution is 0.0582. The normalized spacial score (nSPS) is 14.8. The molecule has 0 saturated heterocycles. The van der Waals surface area contributed by atoms with Gasteiger partial charge in [-0.1, -0.05) is 27.2 Å². The van der Waals surface area contributed by atoms with E-state index in [-0.39, 0.29) is 12.0 Å². The van der Waals surface area contributed by atoms with Crippen LogP contribution in [0.15, 0.2) is 0 Å². The monoisotopic (exact) mass is 175 g/mol. The van der Waals surface area contributed by atoms with Gasteiger partial charge in [0.15, 0.2) is 0 Å². The molecule has 0 aromatic carbocycles. The van der Waals surface area contributed by atoms with Gasteiger partial charge in [0.1, 0.15) is 6.23 Å². The predicted octanol–water partition coefficient (Wildman–Crippen LogP) is 0.713. The zero-order chi connectivity index (χ0) is 9.61. The SMILES string of the molecule is CCCC(C)(C)CNC(O)CO. The maximum Gasteiger partial charge on any atom is 0.128 e. The molecule has 12 heavy (non-hydrogen) atoms. The highest BCUT2D eigenvalue weighted by molar-refractivity contribution is 4.71. The fourth-order valence-corrected chi connectivity index (χ4v) is 1.22. The van der Waals surface area contributed by atoms with Crippen molar-refractivity contribution >= 4 is 0 Å². The van der Waals surface area contributed by atoms with Crippen molar-refractivity contribution < 1.29 is 10.2 Å². The molecule has 0 spiro atoms. The predicted molar refractivity (Wildman–Crippen MR) is 49.8 cm³/mol. The Labute approximate surface area is 74.8 Å². The summed E-state index contributed by atoms with van der Waals surface area (Å²) >= 11 is 0. The Morgan fingerprint density at radius 2 is 2.00 bits per heavy atom. The largest absolute Gasteiger partial charge is 0.392 e. The molecule has 3 nitrogen and oxygen atoms in total. The topological polar surface area (TPSA) is 52.5 Å². The van der Waals surface area contributed by atoms with Gasteiger partial charge in [-0.2, -0.15) is 0 Å². The first-order valence-corrected chi connectivity index (χ1v) is 4.54. The van der Waals surface area contributed by atoms with Crippen LogP contribution in [0.2, 0.25) is 0 Å². The van der Waals surface area contributed by atoms with Gasteiger partial charge in [-0.3, -0.25) is 5.32 Å². The molecule has 0 heterocycles. The van der Waals surface area contributed by atoms with E-state index in [9.17, 15) is 0 Å². The van der Waals surface area contributed by atoms with Gasteiger partial charge in [0, 0.05) is 6.54 Å². The van der Waals surface area contributed by atoms with E-state index in [1.807, 2.05) is 0 Å². The standard InChI is InChI=1S/C9H21NO2/c1-4-5-9(2,3)7-10-8(12)6-11/h8,10-12H,4-7H2,1-3H3. The van der Waals surface area contributed by atoms with Gasteiger partial charge in [-0.25, -0.2) is 0 Å². The summed E-state index contributed by atoms with van der Waals surface area (Å²) in [6.45, 7) is 6.95. The van der Waals surface area contributed by atoms with Crippen LogP contribution in [0.25, 0.3) is 0 Å². The molecule has 0 aromatic heterocycles. The number of hydrogen-bond acceptors (Lipinski definition) is 3. The van der Waals surface area contributed by atoms with Crippen molar-refractivity contribution in [3.8, 4) is 0 Å². The third-order valence-electron chi connectivity index (χ3n) is 1.92. The maximum absolute atomic E-state index is 9.03. The molecule has 0 amide bonds. The number of aliphatic hydroxyl groups is 2. The second-order valence-electron chi connectivity index (χ2n) is 3.99. The van der Waals surface area contributed by atoms with Crippen LogP contribution in [0, 0.1) is 5.41 Å². The van der Waals surface area contributed by atoms with E-state index >= 15 is 0 Å². The fraction of sp³-hybridized carbons (Fsp3) is 1.00. The van der Waals surface area contributed by atoms with Crippen LogP contribution < -0.4 is 5.32 Å². The average molecular weight is 175 g/mol. The van der Waals surface area contributed by atoms with Crippen LogP contribution >= 0.6 is 0 Å². The van der Waals surface area contributed by atoms with E-state index in [4.69, 9.17) is 10.2 Å². The van der Waals surface area contributed by atoms with Gasteiger partial charge in [0.25, 0.3) is 0 Å². The Balaban J connectivity index is 3.59. The quantitative estimate of drug-likeness (QED) is 0.521. The van der Waals surface area contributed by atoms with Crippen molar-refractivity contribution in [1.82, 2.24) is 5.32 Å². The molecule has 0 aliphatic heterocycles. The van der Waals surface area contributed by atoms with E-state index in [1.54, 1.807) is 0 Å². The third-order valence-corrected chi connectivity index (χ3v) is 1.92. The van der Waals surface area contributed by atoms with Crippen LogP contribution in [0.5, 0.6) is 0 Å². The van der Waals surface area contributed by atoms with Crippen molar-refractivity contribution in [2.24, 2.45) is 5.41 Å². The van der Waals surface area contributed by atoms with Crippen LogP contribution in [-0.4, -0.2) is 29.6 Å². The molecule has 0 aliphatic rings. The molecule has 3 heteroatoms. The zero-order valence-corrected chi connectivity index (χ0v) is 8.30. The Morgan fingerprint density at radius 3 is 2.42 bits per heavy atom. The maximum atomic E-state index is 9.03. The highest BCUT2D eigenvalue weighted by Crippen LogP contribution is 2.20. The molecule has 74 valence electrons. The Bertz CT molecular complexity index is 115. The average Bonchev–Trinajstić information content (AvgIpc) is 2.00. The minimum absolute atomic E-state index is 0.199. The van der Waals surface area contributed by atoms with E-state index < -0.39 is 6.23 Å². The van der Waals surface area contributed by atoms with Crippen molar-refractivity contribution in [2.75, 3.05) is 13.2 Å². The lowest BCUT2D eigenvalue weighted by Gasteiger charge is -2.25. The number of aliphatic hydroxyl groups excluding tert-OH is 2. The molecule has 1 unspecified atom stereocenters. The molecule has 0 radical (unpaired) electrons. The van der Waals surface area contributed by atoms with Gasteiger partial charge in [-0.15, -0.1) is 0 Å². The second kappa shape index (κ2) is 5.51. The van der Waals surface area contributed by atoms with Crippen molar-refractivity contribution in [1.29, 1.82) is 0 Å². The smallest absolute Gasteiger partial charge is 0.128 e. The van der Waals surface area contributed by atoms with E-state index in [1.165, 1.54) is 0 Å². The zero-order valence-electron chi connectivity index (χ0n) is 8.30. The van der Waals surface area contributed by atoms with E-state index in [0.717, 1.165) is 19.4 Å².